The molecule has 4 heteroatoms. The average molecular weight is 214 g/mol. The summed E-state index contributed by atoms with van der Waals surface area (Å²) in [5.74, 6) is -2.23. The van der Waals surface area contributed by atoms with Gasteiger partial charge in [-0.25, -0.2) is 0 Å². The molecule has 0 saturated carbocycles. The molecular weight excluding hydrogens is 196 g/mol. The number of carbonyl (C=O) groups excluding carboxylic acids is 2. The largest absolute Gasteiger partial charge is 0.468 e. The molecule has 86 valence electrons. The highest BCUT2D eigenvalue weighted by atomic mass is 16.5. The Labute approximate surface area is 90.2 Å². The second-order valence-corrected chi connectivity index (χ2v) is 3.63. The molecule has 0 aliphatic carbocycles. The molecule has 0 bridgehead atoms. The fraction of sp³-hybridized carbons (Fsp3) is 0.636. The molecule has 0 saturated heterocycles. The Morgan fingerprint density at radius 1 is 1.07 bits per heavy atom. The second-order valence-electron chi connectivity index (χ2n) is 3.63. The Bertz CT molecular complexity index is 248. The molecule has 0 aliphatic rings. The number of hydrogen-bond acceptors (Lipinski definition) is 4. The summed E-state index contributed by atoms with van der Waals surface area (Å²) in [4.78, 5) is 22.8. The van der Waals surface area contributed by atoms with Crippen molar-refractivity contribution in [3.05, 3.63) is 11.6 Å². The number of rotatable bonds is 4. The van der Waals surface area contributed by atoms with E-state index in [4.69, 9.17) is 0 Å². The van der Waals surface area contributed by atoms with Crippen LogP contribution in [0.5, 0.6) is 0 Å². The lowest BCUT2D eigenvalue weighted by atomic mass is 9.92. The smallest absolute Gasteiger partial charge is 0.320 e. The maximum atomic E-state index is 11.4. The van der Waals surface area contributed by atoms with Crippen molar-refractivity contribution in [3.8, 4) is 0 Å². The second kappa shape index (κ2) is 6.22. The molecule has 0 radical (unpaired) electrons. The molecule has 0 spiro atoms. The fourth-order valence-corrected chi connectivity index (χ4v) is 1.40. The van der Waals surface area contributed by atoms with Gasteiger partial charge < -0.3 is 9.47 Å². The summed E-state index contributed by atoms with van der Waals surface area (Å²) < 4.78 is 9.14. The third kappa shape index (κ3) is 4.14. The molecule has 4 nitrogen and oxygen atoms in total. The van der Waals surface area contributed by atoms with Crippen LogP contribution >= 0.6 is 0 Å². The van der Waals surface area contributed by atoms with Crippen LogP contribution in [0.3, 0.4) is 0 Å². The minimum atomic E-state index is -0.880. The van der Waals surface area contributed by atoms with Crippen LogP contribution in [-0.4, -0.2) is 26.2 Å². The van der Waals surface area contributed by atoms with E-state index >= 15 is 0 Å². The number of allylic oxidation sites excluding steroid dienone is 2. The van der Waals surface area contributed by atoms with E-state index < -0.39 is 17.9 Å². The van der Waals surface area contributed by atoms with Crippen LogP contribution in [0.2, 0.25) is 0 Å². The number of hydrogen-bond donors (Lipinski definition) is 0. The monoisotopic (exact) mass is 214 g/mol. The predicted molar refractivity (Wildman–Crippen MR) is 56.1 cm³/mol. The lowest BCUT2D eigenvalue weighted by Crippen LogP contribution is -2.31. The first-order chi connectivity index (χ1) is 6.93. The van der Waals surface area contributed by atoms with Gasteiger partial charge in [0.2, 0.25) is 0 Å². The van der Waals surface area contributed by atoms with Gasteiger partial charge in [-0.15, -0.1) is 0 Å². The summed E-state index contributed by atoms with van der Waals surface area (Å²) in [6.45, 7) is 5.59. The van der Waals surface area contributed by atoms with Gasteiger partial charge in [-0.1, -0.05) is 18.6 Å². The topological polar surface area (TPSA) is 52.6 Å². The van der Waals surface area contributed by atoms with Gasteiger partial charge >= 0.3 is 11.9 Å². The summed E-state index contributed by atoms with van der Waals surface area (Å²) in [7, 11) is 2.51. The Morgan fingerprint density at radius 3 is 1.73 bits per heavy atom. The summed E-state index contributed by atoms with van der Waals surface area (Å²) >= 11 is 0. The van der Waals surface area contributed by atoms with Gasteiger partial charge in [0.25, 0.3) is 0 Å². The van der Waals surface area contributed by atoms with Crippen LogP contribution in [0.1, 0.15) is 20.8 Å². The van der Waals surface area contributed by atoms with Gasteiger partial charge in [0.1, 0.15) is 0 Å². The molecule has 0 heterocycles. The van der Waals surface area contributed by atoms with E-state index in [2.05, 4.69) is 9.47 Å². The van der Waals surface area contributed by atoms with Gasteiger partial charge in [-0.05, 0) is 19.8 Å². The Balaban J connectivity index is 4.86. The van der Waals surface area contributed by atoms with Crippen molar-refractivity contribution < 1.29 is 19.1 Å². The highest BCUT2D eigenvalue weighted by molar-refractivity contribution is 5.95. The van der Waals surface area contributed by atoms with Crippen molar-refractivity contribution in [2.45, 2.75) is 20.8 Å². The maximum Gasteiger partial charge on any atom is 0.320 e. The van der Waals surface area contributed by atoms with Crippen LogP contribution in [-0.2, 0) is 19.1 Å². The predicted octanol–water partition coefficient (Wildman–Crippen LogP) is 1.55. The normalized spacial score (nSPS) is 11.9. The van der Waals surface area contributed by atoms with E-state index in [1.54, 1.807) is 6.92 Å². The highest BCUT2D eigenvalue weighted by Gasteiger charge is 2.32. The van der Waals surface area contributed by atoms with Crippen LogP contribution in [0.4, 0.5) is 0 Å². The number of esters is 2. The molecule has 0 aliphatic heterocycles. The first-order valence-electron chi connectivity index (χ1n) is 4.74. The van der Waals surface area contributed by atoms with Crippen LogP contribution < -0.4 is 0 Å². The zero-order valence-electron chi connectivity index (χ0n) is 9.87. The molecule has 0 aromatic rings. The van der Waals surface area contributed by atoms with E-state index in [0.717, 1.165) is 5.57 Å². The molecule has 0 fully saturated rings. The van der Waals surface area contributed by atoms with Crippen molar-refractivity contribution in [2.24, 2.45) is 11.8 Å². The van der Waals surface area contributed by atoms with Crippen LogP contribution in [0.15, 0.2) is 11.6 Å². The minimum absolute atomic E-state index is 0.227. The molecule has 0 aromatic carbocycles. The molecule has 0 amide bonds. The molecule has 0 aromatic heterocycles. The summed E-state index contributed by atoms with van der Waals surface area (Å²) in [6.07, 6.45) is 1.85. The third-order valence-electron chi connectivity index (χ3n) is 2.03. The van der Waals surface area contributed by atoms with E-state index in [1.165, 1.54) is 14.2 Å². The highest BCUT2D eigenvalue weighted by Crippen LogP contribution is 2.18. The summed E-state index contributed by atoms with van der Waals surface area (Å²) in [5, 5.41) is 0. The van der Waals surface area contributed by atoms with Crippen molar-refractivity contribution in [1.29, 1.82) is 0 Å². The van der Waals surface area contributed by atoms with E-state index in [-0.39, 0.29) is 5.92 Å². The number of methoxy groups -OCH3 is 2. The number of ether oxygens (including phenoxy) is 2. The lowest BCUT2D eigenvalue weighted by Gasteiger charge is -2.16. The maximum absolute atomic E-state index is 11.4. The lowest BCUT2D eigenvalue weighted by molar-refractivity contribution is -0.160. The summed E-state index contributed by atoms with van der Waals surface area (Å²) in [6, 6.07) is 0. The summed E-state index contributed by atoms with van der Waals surface area (Å²) in [5.41, 5.74) is 1.04. The quantitative estimate of drug-likeness (QED) is 0.405. The fourth-order valence-electron chi connectivity index (χ4n) is 1.40. The third-order valence-corrected chi connectivity index (χ3v) is 2.03. The Hall–Kier alpha value is -1.32. The Morgan fingerprint density at radius 2 is 1.47 bits per heavy atom. The first kappa shape index (κ1) is 13.7. The molecule has 15 heavy (non-hydrogen) atoms. The molecular formula is C11H18O4. The van der Waals surface area contributed by atoms with Crippen LogP contribution in [0, 0.1) is 11.8 Å². The molecule has 1 atom stereocenters. The SMILES string of the molecule is COC(=O)C(C(=O)OC)C(C)C=C(C)C. The van der Waals surface area contributed by atoms with E-state index in [1.807, 2.05) is 19.9 Å². The van der Waals surface area contributed by atoms with Gasteiger partial charge in [-0.2, -0.15) is 0 Å². The van der Waals surface area contributed by atoms with E-state index in [9.17, 15) is 9.59 Å². The first-order valence-corrected chi connectivity index (χ1v) is 4.74. The number of carbonyl (C=O) groups is 2. The van der Waals surface area contributed by atoms with E-state index in [0.29, 0.717) is 0 Å². The molecule has 0 rings (SSSR count). The van der Waals surface area contributed by atoms with Crippen molar-refractivity contribution in [1.82, 2.24) is 0 Å². The molecule has 1 unspecified atom stereocenters. The average Bonchev–Trinajstić information content (AvgIpc) is 2.16. The Kier molecular flexibility index (Phi) is 5.67. The molecule has 0 N–H and O–H groups in total. The minimum Gasteiger partial charge on any atom is -0.468 e. The van der Waals surface area contributed by atoms with Gasteiger partial charge in [-0.3, -0.25) is 9.59 Å². The zero-order chi connectivity index (χ0) is 12.0. The van der Waals surface area contributed by atoms with Crippen molar-refractivity contribution in [2.75, 3.05) is 14.2 Å². The van der Waals surface area contributed by atoms with Crippen molar-refractivity contribution >= 4 is 11.9 Å². The standard InChI is InChI=1S/C11H18O4/c1-7(2)6-8(3)9(10(12)14-4)11(13)15-5/h6,8-9H,1-5H3. The van der Waals surface area contributed by atoms with Crippen LogP contribution in [0.25, 0.3) is 0 Å². The van der Waals surface area contributed by atoms with Crippen molar-refractivity contribution in [3.63, 3.8) is 0 Å². The van der Waals surface area contributed by atoms with Gasteiger partial charge in [0.15, 0.2) is 5.92 Å². The zero-order valence-corrected chi connectivity index (χ0v) is 9.87. The van der Waals surface area contributed by atoms with Gasteiger partial charge in [0, 0.05) is 0 Å². The van der Waals surface area contributed by atoms with Gasteiger partial charge in [0.05, 0.1) is 14.2 Å².